The molecule has 19 heavy (non-hydrogen) atoms. The second kappa shape index (κ2) is 6.29. The van der Waals surface area contributed by atoms with Crippen molar-refractivity contribution in [3.05, 3.63) is 34.5 Å². The van der Waals surface area contributed by atoms with Crippen LogP contribution in [0.2, 0.25) is 0 Å². The van der Waals surface area contributed by atoms with E-state index in [0.29, 0.717) is 16.6 Å². The number of amides is 1. The highest BCUT2D eigenvalue weighted by Gasteiger charge is 2.21. The van der Waals surface area contributed by atoms with E-state index in [1.807, 2.05) is 19.9 Å². The van der Waals surface area contributed by atoms with Crippen LogP contribution in [0, 0.1) is 5.92 Å². The summed E-state index contributed by atoms with van der Waals surface area (Å²) in [4.78, 5) is 13.8. The SMILES string of the molecule is C/C1=C/N(C(C)C)C(C)/C=C(Cl)\C=C(\C(N)=O)C1C. The maximum atomic E-state index is 11.6. The molecule has 0 aromatic heterocycles. The molecule has 1 amide bonds. The number of hydrogen-bond acceptors (Lipinski definition) is 2. The van der Waals surface area contributed by atoms with Gasteiger partial charge in [0.15, 0.2) is 0 Å². The lowest BCUT2D eigenvalue weighted by molar-refractivity contribution is -0.114. The molecule has 1 heterocycles. The Hall–Kier alpha value is -1.22. The van der Waals surface area contributed by atoms with Gasteiger partial charge in [-0.3, -0.25) is 4.79 Å². The molecule has 106 valence electrons. The highest BCUT2D eigenvalue weighted by molar-refractivity contribution is 6.31. The van der Waals surface area contributed by atoms with E-state index in [0.717, 1.165) is 5.57 Å². The van der Waals surface area contributed by atoms with Gasteiger partial charge in [0.2, 0.25) is 5.91 Å². The number of rotatable bonds is 2. The normalized spacial score (nSPS) is 33.2. The number of halogens is 1. The van der Waals surface area contributed by atoms with Crippen LogP contribution in [0.3, 0.4) is 0 Å². The van der Waals surface area contributed by atoms with Gasteiger partial charge in [0.25, 0.3) is 0 Å². The predicted octanol–water partition coefficient (Wildman–Crippen LogP) is 3.17. The largest absolute Gasteiger partial charge is 0.369 e. The van der Waals surface area contributed by atoms with Gasteiger partial charge in [-0.05, 0) is 51.6 Å². The Labute approximate surface area is 120 Å². The van der Waals surface area contributed by atoms with Crippen LogP contribution in [0.1, 0.15) is 34.6 Å². The first-order chi connectivity index (χ1) is 8.73. The third kappa shape index (κ3) is 3.87. The van der Waals surface area contributed by atoms with Gasteiger partial charge < -0.3 is 10.6 Å². The number of carbonyl (C=O) groups is 1. The molecule has 4 heteroatoms. The smallest absolute Gasteiger partial charge is 0.245 e. The van der Waals surface area contributed by atoms with E-state index in [4.69, 9.17) is 17.3 Å². The van der Waals surface area contributed by atoms with Gasteiger partial charge in [-0.1, -0.05) is 18.5 Å². The Morgan fingerprint density at radius 1 is 1.42 bits per heavy atom. The molecule has 0 bridgehead atoms. The van der Waals surface area contributed by atoms with Crippen molar-refractivity contribution in [2.24, 2.45) is 11.7 Å². The molecule has 2 unspecified atom stereocenters. The maximum absolute atomic E-state index is 11.6. The highest BCUT2D eigenvalue weighted by atomic mass is 35.5. The number of hydrogen-bond donors (Lipinski definition) is 1. The van der Waals surface area contributed by atoms with Crippen LogP contribution in [0.4, 0.5) is 0 Å². The van der Waals surface area contributed by atoms with Gasteiger partial charge in [-0.2, -0.15) is 0 Å². The molecule has 1 rings (SSSR count). The lowest BCUT2D eigenvalue weighted by atomic mass is 9.93. The van der Waals surface area contributed by atoms with E-state index < -0.39 is 5.91 Å². The van der Waals surface area contributed by atoms with Crippen LogP contribution in [0.5, 0.6) is 0 Å². The summed E-state index contributed by atoms with van der Waals surface area (Å²) in [5.41, 5.74) is 7.10. The molecular weight excluding hydrogens is 260 g/mol. The van der Waals surface area contributed by atoms with Gasteiger partial charge in [-0.15, -0.1) is 0 Å². The molecule has 0 saturated heterocycles. The van der Waals surface area contributed by atoms with Crippen molar-refractivity contribution in [1.29, 1.82) is 0 Å². The second-order valence-corrected chi connectivity index (χ2v) is 5.83. The van der Waals surface area contributed by atoms with Crippen molar-refractivity contribution < 1.29 is 4.79 Å². The Kier molecular flexibility index (Phi) is 5.24. The van der Waals surface area contributed by atoms with Gasteiger partial charge in [0.1, 0.15) is 0 Å². The molecule has 1 aliphatic heterocycles. The summed E-state index contributed by atoms with van der Waals surface area (Å²) in [6.45, 7) is 10.3. The minimum Gasteiger partial charge on any atom is -0.369 e. The second-order valence-electron chi connectivity index (χ2n) is 5.39. The molecule has 0 aromatic rings. The van der Waals surface area contributed by atoms with E-state index >= 15 is 0 Å². The standard InChI is InChI=1S/C15H23ClN2O/c1-9(2)18-8-10(3)12(5)14(15(17)19)7-13(16)6-11(18)4/h6-9,11-12H,1-5H3,(H2,17,19)/b10-8-,13-6+,14-7+. The molecule has 0 aliphatic carbocycles. The van der Waals surface area contributed by atoms with Crippen LogP contribution >= 0.6 is 11.6 Å². The summed E-state index contributed by atoms with van der Waals surface area (Å²) in [5, 5.41) is 0.557. The first-order valence-corrected chi connectivity index (χ1v) is 6.96. The molecule has 3 nitrogen and oxygen atoms in total. The van der Waals surface area contributed by atoms with Crippen molar-refractivity contribution in [3.63, 3.8) is 0 Å². The molecule has 0 fully saturated rings. The van der Waals surface area contributed by atoms with E-state index in [1.165, 1.54) is 0 Å². The Morgan fingerprint density at radius 2 is 2.00 bits per heavy atom. The fourth-order valence-corrected chi connectivity index (χ4v) is 2.55. The minimum absolute atomic E-state index is 0.0359. The van der Waals surface area contributed by atoms with Crippen LogP contribution in [0.15, 0.2) is 34.5 Å². The third-order valence-electron chi connectivity index (χ3n) is 3.55. The Balaban J connectivity index is 3.33. The highest BCUT2D eigenvalue weighted by Crippen LogP contribution is 2.26. The van der Waals surface area contributed by atoms with Crippen LogP contribution in [0.25, 0.3) is 0 Å². The molecular formula is C15H23ClN2O. The average Bonchev–Trinajstić information content (AvgIpc) is 2.33. The lowest BCUT2D eigenvalue weighted by Gasteiger charge is -2.31. The molecule has 0 saturated carbocycles. The van der Waals surface area contributed by atoms with Crippen molar-refractivity contribution in [3.8, 4) is 0 Å². The van der Waals surface area contributed by atoms with Crippen molar-refractivity contribution in [2.75, 3.05) is 0 Å². The number of allylic oxidation sites excluding steroid dienone is 3. The third-order valence-corrected chi connectivity index (χ3v) is 3.78. The van der Waals surface area contributed by atoms with E-state index in [1.54, 1.807) is 6.08 Å². The summed E-state index contributed by atoms with van der Waals surface area (Å²) < 4.78 is 0. The summed E-state index contributed by atoms with van der Waals surface area (Å²) in [6, 6.07) is 0.520. The Bertz CT molecular complexity index is 449. The molecule has 0 radical (unpaired) electrons. The fourth-order valence-electron chi connectivity index (χ4n) is 2.25. The maximum Gasteiger partial charge on any atom is 0.245 e. The lowest BCUT2D eigenvalue weighted by Crippen LogP contribution is -2.33. The molecule has 2 atom stereocenters. The zero-order valence-electron chi connectivity index (χ0n) is 12.3. The van der Waals surface area contributed by atoms with Crippen molar-refractivity contribution in [1.82, 2.24) is 4.90 Å². The summed E-state index contributed by atoms with van der Waals surface area (Å²) in [6.07, 6.45) is 5.72. The monoisotopic (exact) mass is 282 g/mol. The minimum atomic E-state index is -0.419. The molecule has 0 spiro atoms. The van der Waals surface area contributed by atoms with Crippen LogP contribution in [-0.4, -0.2) is 22.9 Å². The van der Waals surface area contributed by atoms with Gasteiger partial charge >= 0.3 is 0 Å². The van der Waals surface area contributed by atoms with E-state index in [-0.39, 0.29) is 12.0 Å². The average molecular weight is 283 g/mol. The Morgan fingerprint density at radius 3 is 2.47 bits per heavy atom. The van der Waals surface area contributed by atoms with Crippen molar-refractivity contribution >= 4 is 17.5 Å². The summed E-state index contributed by atoms with van der Waals surface area (Å²) >= 11 is 6.21. The van der Waals surface area contributed by atoms with Gasteiger partial charge in [0, 0.05) is 28.6 Å². The quantitative estimate of drug-likeness (QED) is 0.845. The van der Waals surface area contributed by atoms with Gasteiger partial charge in [0.05, 0.1) is 0 Å². The zero-order valence-corrected chi connectivity index (χ0v) is 13.0. The van der Waals surface area contributed by atoms with Crippen molar-refractivity contribution in [2.45, 2.75) is 46.7 Å². The molecule has 2 N–H and O–H groups in total. The zero-order chi connectivity index (χ0) is 14.7. The van der Waals surface area contributed by atoms with E-state index in [9.17, 15) is 4.79 Å². The summed E-state index contributed by atoms with van der Waals surface area (Å²) in [7, 11) is 0. The summed E-state index contributed by atoms with van der Waals surface area (Å²) in [5.74, 6) is -0.455. The van der Waals surface area contributed by atoms with Crippen LogP contribution in [-0.2, 0) is 4.79 Å². The first-order valence-electron chi connectivity index (χ1n) is 6.58. The number of nitrogens with two attached hydrogens (primary N) is 1. The van der Waals surface area contributed by atoms with E-state index in [2.05, 4.69) is 31.9 Å². The molecule has 1 aliphatic rings. The topological polar surface area (TPSA) is 46.3 Å². The first kappa shape index (κ1) is 15.8. The fraction of sp³-hybridized carbons (Fsp3) is 0.533. The number of primary amides is 1. The molecule has 0 aromatic carbocycles. The number of nitrogens with zero attached hydrogens (tertiary/aromatic N) is 1. The predicted molar refractivity (Wildman–Crippen MR) is 80.6 cm³/mol. The number of carbonyl (C=O) groups excluding carboxylic acids is 1. The van der Waals surface area contributed by atoms with Crippen LogP contribution < -0.4 is 5.73 Å². The van der Waals surface area contributed by atoms with Gasteiger partial charge in [-0.25, -0.2) is 0 Å².